The van der Waals surface area contributed by atoms with Crippen LogP contribution in [0.5, 0.6) is 0 Å². The van der Waals surface area contributed by atoms with E-state index < -0.39 is 0 Å². The van der Waals surface area contributed by atoms with Crippen LogP contribution in [0.15, 0.2) is 30.5 Å². The van der Waals surface area contributed by atoms with E-state index in [0.717, 1.165) is 22.5 Å². The van der Waals surface area contributed by atoms with Crippen molar-refractivity contribution in [3.05, 3.63) is 41.7 Å². The van der Waals surface area contributed by atoms with Crippen molar-refractivity contribution in [2.75, 3.05) is 11.9 Å². The molecule has 92 valence electrons. The third kappa shape index (κ3) is 1.57. The number of para-hydroxylation sites is 1. The summed E-state index contributed by atoms with van der Waals surface area (Å²) in [7, 11) is 0. The molecule has 4 heteroatoms. The summed E-state index contributed by atoms with van der Waals surface area (Å²) >= 11 is 0. The Balaban J connectivity index is 2.13. The van der Waals surface area contributed by atoms with Crippen molar-refractivity contribution in [3.8, 4) is 11.1 Å². The van der Waals surface area contributed by atoms with Crippen LogP contribution in [0.4, 0.5) is 5.69 Å². The summed E-state index contributed by atoms with van der Waals surface area (Å²) in [5.74, 6) is -0.272. The van der Waals surface area contributed by atoms with Gasteiger partial charge in [-0.05, 0) is 13.0 Å². The topological polar surface area (TPSA) is 54.1 Å². The molecule has 4 nitrogen and oxygen atoms in total. The van der Waals surface area contributed by atoms with Gasteiger partial charge < -0.3 is 15.0 Å². The standard InChI is InChI=1S/C14H14N2O2/c1-2-18-14(17)10-7-15-12-8-16-11-6-4-3-5-9(11)13(10)12/h3-7,15-16H,2,8H2,1H3. The Hall–Kier alpha value is -2.23. The summed E-state index contributed by atoms with van der Waals surface area (Å²) in [6, 6.07) is 7.97. The van der Waals surface area contributed by atoms with Gasteiger partial charge in [0.15, 0.2) is 0 Å². The lowest BCUT2D eigenvalue weighted by molar-refractivity contribution is 0.0527. The summed E-state index contributed by atoms with van der Waals surface area (Å²) < 4.78 is 5.09. The zero-order valence-electron chi connectivity index (χ0n) is 10.1. The average molecular weight is 242 g/mol. The van der Waals surface area contributed by atoms with E-state index in [1.165, 1.54) is 0 Å². The molecular formula is C14H14N2O2. The van der Waals surface area contributed by atoms with E-state index in [9.17, 15) is 4.79 Å². The summed E-state index contributed by atoms with van der Waals surface area (Å²) in [5, 5.41) is 3.32. The number of fused-ring (bicyclic) bond motifs is 3. The van der Waals surface area contributed by atoms with Gasteiger partial charge in [0.1, 0.15) is 0 Å². The molecule has 0 saturated carbocycles. The third-order valence-electron chi connectivity index (χ3n) is 3.11. The van der Waals surface area contributed by atoms with Gasteiger partial charge in [-0.15, -0.1) is 0 Å². The van der Waals surface area contributed by atoms with Gasteiger partial charge in [-0.25, -0.2) is 4.79 Å². The number of benzene rings is 1. The lowest BCUT2D eigenvalue weighted by atomic mass is 9.97. The Morgan fingerprint density at radius 2 is 2.22 bits per heavy atom. The van der Waals surface area contributed by atoms with Crippen LogP contribution < -0.4 is 5.32 Å². The molecule has 1 aromatic carbocycles. The minimum absolute atomic E-state index is 0.272. The van der Waals surface area contributed by atoms with Gasteiger partial charge in [-0.1, -0.05) is 18.2 Å². The first-order chi connectivity index (χ1) is 8.81. The number of ether oxygens (including phenoxy) is 1. The van der Waals surface area contributed by atoms with Crippen LogP contribution in [-0.4, -0.2) is 17.6 Å². The first-order valence-electron chi connectivity index (χ1n) is 6.02. The molecule has 0 aliphatic carbocycles. The second-order valence-corrected chi connectivity index (χ2v) is 4.18. The third-order valence-corrected chi connectivity index (χ3v) is 3.11. The monoisotopic (exact) mass is 242 g/mol. The summed E-state index contributed by atoms with van der Waals surface area (Å²) in [6.45, 7) is 2.90. The van der Waals surface area contributed by atoms with Gasteiger partial charge in [0.05, 0.1) is 18.7 Å². The number of nitrogens with one attached hydrogen (secondary N) is 2. The predicted molar refractivity (Wildman–Crippen MR) is 69.5 cm³/mol. The van der Waals surface area contributed by atoms with Crippen molar-refractivity contribution in [2.24, 2.45) is 0 Å². The molecule has 0 saturated heterocycles. The number of carbonyl (C=O) groups excluding carboxylic acids is 1. The zero-order chi connectivity index (χ0) is 12.5. The van der Waals surface area contributed by atoms with E-state index >= 15 is 0 Å². The first-order valence-corrected chi connectivity index (χ1v) is 6.02. The van der Waals surface area contributed by atoms with Crippen LogP contribution in [0.2, 0.25) is 0 Å². The lowest BCUT2D eigenvalue weighted by Gasteiger charge is -2.19. The maximum atomic E-state index is 11.9. The van der Waals surface area contributed by atoms with Crippen LogP contribution >= 0.6 is 0 Å². The number of hydrogen-bond donors (Lipinski definition) is 2. The minimum atomic E-state index is -0.272. The minimum Gasteiger partial charge on any atom is -0.462 e. The van der Waals surface area contributed by atoms with Crippen molar-refractivity contribution >= 4 is 11.7 Å². The van der Waals surface area contributed by atoms with Gasteiger partial charge in [0.25, 0.3) is 0 Å². The number of carbonyl (C=O) groups is 1. The summed E-state index contributed by atoms with van der Waals surface area (Å²) in [4.78, 5) is 15.1. The highest BCUT2D eigenvalue weighted by atomic mass is 16.5. The van der Waals surface area contributed by atoms with E-state index in [0.29, 0.717) is 18.7 Å². The van der Waals surface area contributed by atoms with E-state index in [4.69, 9.17) is 4.74 Å². The normalized spacial score (nSPS) is 12.3. The van der Waals surface area contributed by atoms with Gasteiger partial charge in [0.2, 0.25) is 0 Å². The Bertz CT molecular complexity index is 602. The SMILES string of the molecule is CCOC(=O)c1c[nH]c2c1-c1ccccc1NC2. The van der Waals surface area contributed by atoms with Crippen molar-refractivity contribution in [2.45, 2.75) is 13.5 Å². The van der Waals surface area contributed by atoms with Crippen LogP contribution in [0.25, 0.3) is 11.1 Å². The molecule has 0 fully saturated rings. The number of rotatable bonds is 2. The van der Waals surface area contributed by atoms with Crippen molar-refractivity contribution in [1.29, 1.82) is 0 Å². The largest absolute Gasteiger partial charge is 0.462 e. The summed E-state index contributed by atoms with van der Waals surface area (Å²) in [6.07, 6.45) is 1.73. The predicted octanol–water partition coefficient (Wildman–Crippen LogP) is 2.78. The number of aromatic nitrogens is 1. The van der Waals surface area contributed by atoms with E-state index in [1.807, 2.05) is 31.2 Å². The molecule has 0 amide bonds. The van der Waals surface area contributed by atoms with Gasteiger partial charge >= 0.3 is 5.97 Å². The van der Waals surface area contributed by atoms with Crippen LogP contribution in [0, 0.1) is 0 Å². The Kier molecular flexibility index (Phi) is 2.55. The molecule has 2 heterocycles. The molecule has 1 aliphatic heterocycles. The second-order valence-electron chi connectivity index (χ2n) is 4.18. The molecule has 0 atom stereocenters. The van der Waals surface area contributed by atoms with Gasteiger partial charge in [0, 0.05) is 28.7 Å². The molecule has 1 aromatic heterocycles. The lowest BCUT2D eigenvalue weighted by Crippen LogP contribution is -2.11. The quantitative estimate of drug-likeness (QED) is 0.796. The van der Waals surface area contributed by atoms with Gasteiger partial charge in [-0.2, -0.15) is 0 Å². The Labute approximate surface area is 105 Å². The van der Waals surface area contributed by atoms with Gasteiger partial charge in [-0.3, -0.25) is 0 Å². The van der Waals surface area contributed by atoms with Crippen LogP contribution in [0.1, 0.15) is 23.0 Å². The molecule has 0 bridgehead atoms. The molecule has 2 N–H and O–H groups in total. The number of H-pyrrole nitrogens is 1. The van der Waals surface area contributed by atoms with Crippen LogP contribution in [-0.2, 0) is 11.3 Å². The number of hydrogen-bond acceptors (Lipinski definition) is 3. The smallest absolute Gasteiger partial charge is 0.340 e. The van der Waals surface area contributed by atoms with E-state index in [-0.39, 0.29) is 5.97 Å². The van der Waals surface area contributed by atoms with E-state index in [1.54, 1.807) is 6.20 Å². The highest BCUT2D eigenvalue weighted by Gasteiger charge is 2.24. The van der Waals surface area contributed by atoms with Crippen molar-refractivity contribution in [1.82, 2.24) is 4.98 Å². The maximum absolute atomic E-state index is 11.9. The van der Waals surface area contributed by atoms with E-state index in [2.05, 4.69) is 10.3 Å². The second kappa shape index (κ2) is 4.22. The molecule has 0 unspecified atom stereocenters. The Morgan fingerprint density at radius 3 is 3.06 bits per heavy atom. The van der Waals surface area contributed by atoms with Crippen molar-refractivity contribution < 1.29 is 9.53 Å². The fourth-order valence-electron chi connectivity index (χ4n) is 2.32. The number of aromatic amines is 1. The highest BCUT2D eigenvalue weighted by Crippen LogP contribution is 2.37. The fraction of sp³-hybridized carbons (Fsp3) is 0.214. The fourth-order valence-corrected chi connectivity index (χ4v) is 2.32. The molecule has 2 aromatic rings. The molecule has 1 aliphatic rings. The highest BCUT2D eigenvalue weighted by molar-refractivity contribution is 6.01. The van der Waals surface area contributed by atoms with Crippen molar-refractivity contribution in [3.63, 3.8) is 0 Å². The van der Waals surface area contributed by atoms with Crippen LogP contribution in [0.3, 0.4) is 0 Å². The maximum Gasteiger partial charge on any atom is 0.340 e. The Morgan fingerprint density at radius 1 is 1.39 bits per heavy atom. The number of esters is 1. The molecular weight excluding hydrogens is 228 g/mol. The molecule has 0 spiro atoms. The summed E-state index contributed by atoms with van der Waals surface area (Å²) in [5.41, 5.74) is 4.69. The first kappa shape index (κ1) is 10.9. The zero-order valence-corrected chi connectivity index (χ0v) is 10.1. The molecule has 3 rings (SSSR count). The molecule has 0 radical (unpaired) electrons. The number of anilines is 1. The average Bonchev–Trinajstić information content (AvgIpc) is 2.83. The molecule has 18 heavy (non-hydrogen) atoms.